The van der Waals surface area contributed by atoms with Crippen LogP contribution in [0.15, 0.2) is 24.3 Å². The minimum absolute atomic E-state index is 0.0451. The molecule has 0 aliphatic carbocycles. The molecule has 1 aromatic rings. The van der Waals surface area contributed by atoms with E-state index in [9.17, 15) is 0 Å². The fraction of sp³-hybridized carbons (Fsp3) is 0.455. The van der Waals surface area contributed by atoms with Gasteiger partial charge in [0.1, 0.15) is 18.5 Å². The van der Waals surface area contributed by atoms with E-state index >= 15 is 0 Å². The van der Waals surface area contributed by atoms with Crippen LogP contribution in [0.5, 0.6) is 5.75 Å². The van der Waals surface area contributed by atoms with Gasteiger partial charge in [-0.1, -0.05) is 12.1 Å². The fourth-order valence-corrected chi connectivity index (χ4v) is 1.13. The molecule has 0 fully saturated rings. The average molecular weight is 211 g/mol. The van der Waals surface area contributed by atoms with Gasteiger partial charge in [0.15, 0.2) is 0 Å². The lowest BCUT2D eigenvalue weighted by molar-refractivity contribution is 0.0536. The second-order valence-corrected chi connectivity index (χ2v) is 3.51. The minimum atomic E-state index is -0.844. The summed E-state index contributed by atoms with van der Waals surface area (Å²) in [6.45, 7) is 1.67. The molecule has 0 bridgehead atoms. The van der Waals surface area contributed by atoms with E-state index in [1.165, 1.54) is 0 Å². The molecular formula is C11H17NO3. The molecule has 4 N–H and O–H groups in total. The molecule has 2 atom stereocenters. The minimum Gasteiger partial charge on any atom is -0.491 e. The largest absolute Gasteiger partial charge is 0.491 e. The summed E-state index contributed by atoms with van der Waals surface area (Å²) in [7, 11) is 0. The Morgan fingerprint density at radius 3 is 2.80 bits per heavy atom. The summed E-state index contributed by atoms with van der Waals surface area (Å²) in [5, 5.41) is 17.7. The van der Waals surface area contributed by atoms with E-state index in [-0.39, 0.29) is 19.3 Å². The standard InChI is InChI=1S/C11H17NO3/c1-8(12)9-3-2-4-11(5-9)15-7-10(14)6-13/h2-5,8,10,13-14H,6-7,12H2,1H3/t8-,10?/m1/s1. The summed E-state index contributed by atoms with van der Waals surface area (Å²) in [5.41, 5.74) is 6.70. The first-order chi connectivity index (χ1) is 7.13. The number of benzene rings is 1. The number of rotatable bonds is 5. The maximum atomic E-state index is 9.10. The van der Waals surface area contributed by atoms with E-state index in [1.54, 1.807) is 6.07 Å². The second kappa shape index (κ2) is 5.70. The van der Waals surface area contributed by atoms with Gasteiger partial charge in [-0.2, -0.15) is 0 Å². The number of aliphatic hydroxyl groups excluding tert-OH is 2. The van der Waals surface area contributed by atoms with Crippen molar-refractivity contribution < 1.29 is 14.9 Å². The predicted molar refractivity (Wildman–Crippen MR) is 57.6 cm³/mol. The first-order valence-corrected chi connectivity index (χ1v) is 4.90. The van der Waals surface area contributed by atoms with E-state index in [1.807, 2.05) is 25.1 Å². The van der Waals surface area contributed by atoms with Crippen LogP contribution in [0.1, 0.15) is 18.5 Å². The monoisotopic (exact) mass is 211 g/mol. The zero-order chi connectivity index (χ0) is 11.3. The average Bonchev–Trinajstić information content (AvgIpc) is 2.26. The summed E-state index contributed by atoms with van der Waals surface area (Å²) in [6.07, 6.45) is -0.844. The third-order valence-corrected chi connectivity index (χ3v) is 2.04. The van der Waals surface area contributed by atoms with Crippen LogP contribution in [0.3, 0.4) is 0 Å². The van der Waals surface area contributed by atoms with Crippen LogP contribution in [-0.2, 0) is 0 Å². The number of aliphatic hydroxyl groups is 2. The first-order valence-electron chi connectivity index (χ1n) is 4.90. The normalized spacial score (nSPS) is 14.7. The van der Waals surface area contributed by atoms with E-state index in [0.717, 1.165) is 5.56 Å². The van der Waals surface area contributed by atoms with Crippen molar-refractivity contribution in [1.29, 1.82) is 0 Å². The molecule has 0 radical (unpaired) electrons. The maximum absolute atomic E-state index is 9.10. The number of hydrogen-bond acceptors (Lipinski definition) is 4. The van der Waals surface area contributed by atoms with Crippen molar-refractivity contribution in [2.75, 3.05) is 13.2 Å². The van der Waals surface area contributed by atoms with Gasteiger partial charge in [0.2, 0.25) is 0 Å². The predicted octanol–water partition coefficient (Wildman–Crippen LogP) is 0.438. The van der Waals surface area contributed by atoms with Gasteiger partial charge in [0.05, 0.1) is 6.61 Å². The van der Waals surface area contributed by atoms with E-state index in [2.05, 4.69) is 0 Å². The number of hydrogen-bond donors (Lipinski definition) is 3. The highest BCUT2D eigenvalue weighted by Crippen LogP contribution is 2.17. The number of ether oxygens (including phenoxy) is 1. The van der Waals surface area contributed by atoms with Crippen molar-refractivity contribution in [2.24, 2.45) is 5.73 Å². The molecule has 84 valence electrons. The summed E-state index contributed by atoms with van der Waals surface area (Å²) < 4.78 is 5.28. The molecule has 0 saturated heterocycles. The van der Waals surface area contributed by atoms with Crippen molar-refractivity contribution in [1.82, 2.24) is 0 Å². The topological polar surface area (TPSA) is 75.7 Å². The maximum Gasteiger partial charge on any atom is 0.119 e. The van der Waals surface area contributed by atoms with Gasteiger partial charge in [0, 0.05) is 6.04 Å². The Balaban J connectivity index is 2.58. The molecule has 0 amide bonds. The van der Waals surface area contributed by atoms with Crippen LogP contribution in [0.25, 0.3) is 0 Å². The Morgan fingerprint density at radius 1 is 1.47 bits per heavy atom. The molecule has 1 unspecified atom stereocenters. The van der Waals surface area contributed by atoms with Crippen LogP contribution < -0.4 is 10.5 Å². The van der Waals surface area contributed by atoms with Crippen molar-refractivity contribution in [2.45, 2.75) is 19.1 Å². The summed E-state index contributed by atoms with van der Waals surface area (Å²) in [5.74, 6) is 0.650. The molecular weight excluding hydrogens is 194 g/mol. The lowest BCUT2D eigenvalue weighted by Crippen LogP contribution is -2.21. The Hall–Kier alpha value is -1.10. The summed E-state index contributed by atoms with van der Waals surface area (Å²) >= 11 is 0. The Kier molecular flexibility index (Phi) is 4.55. The highest BCUT2D eigenvalue weighted by Gasteiger charge is 2.04. The van der Waals surface area contributed by atoms with Crippen LogP contribution in [-0.4, -0.2) is 29.5 Å². The molecule has 4 heteroatoms. The van der Waals surface area contributed by atoms with Crippen molar-refractivity contribution in [3.8, 4) is 5.75 Å². The molecule has 4 nitrogen and oxygen atoms in total. The molecule has 0 aliphatic rings. The number of nitrogens with two attached hydrogens (primary N) is 1. The Bertz CT molecular complexity index is 302. The first kappa shape index (κ1) is 12.0. The SMILES string of the molecule is C[C@@H](N)c1cccc(OCC(O)CO)c1. The highest BCUT2D eigenvalue weighted by molar-refractivity contribution is 5.30. The van der Waals surface area contributed by atoms with Gasteiger partial charge in [-0.05, 0) is 24.6 Å². The lowest BCUT2D eigenvalue weighted by atomic mass is 10.1. The summed E-state index contributed by atoms with van der Waals surface area (Å²) in [6, 6.07) is 7.33. The van der Waals surface area contributed by atoms with Gasteiger partial charge in [-0.3, -0.25) is 0 Å². The third kappa shape index (κ3) is 3.87. The van der Waals surface area contributed by atoms with Crippen LogP contribution >= 0.6 is 0 Å². The molecule has 15 heavy (non-hydrogen) atoms. The highest BCUT2D eigenvalue weighted by atomic mass is 16.5. The van der Waals surface area contributed by atoms with Gasteiger partial charge < -0.3 is 20.7 Å². The zero-order valence-corrected chi connectivity index (χ0v) is 8.76. The zero-order valence-electron chi connectivity index (χ0n) is 8.76. The van der Waals surface area contributed by atoms with Gasteiger partial charge >= 0.3 is 0 Å². The summed E-state index contributed by atoms with van der Waals surface area (Å²) in [4.78, 5) is 0. The Labute approximate surface area is 89.3 Å². The molecule has 1 rings (SSSR count). The van der Waals surface area contributed by atoms with Gasteiger partial charge in [0.25, 0.3) is 0 Å². The smallest absolute Gasteiger partial charge is 0.119 e. The molecule has 0 saturated carbocycles. The lowest BCUT2D eigenvalue weighted by Gasteiger charge is -2.12. The molecule has 1 aromatic carbocycles. The van der Waals surface area contributed by atoms with E-state index in [0.29, 0.717) is 5.75 Å². The van der Waals surface area contributed by atoms with Gasteiger partial charge in [-0.15, -0.1) is 0 Å². The molecule has 0 heterocycles. The third-order valence-electron chi connectivity index (χ3n) is 2.04. The van der Waals surface area contributed by atoms with Crippen molar-refractivity contribution in [3.05, 3.63) is 29.8 Å². The molecule has 0 aromatic heterocycles. The molecule has 0 aliphatic heterocycles. The van der Waals surface area contributed by atoms with Crippen LogP contribution in [0.2, 0.25) is 0 Å². The van der Waals surface area contributed by atoms with Crippen molar-refractivity contribution in [3.63, 3.8) is 0 Å². The van der Waals surface area contributed by atoms with Crippen molar-refractivity contribution >= 4 is 0 Å². The van der Waals surface area contributed by atoms with Crippen LogP contribution in [0.4, 0.5) is 0 Å². The quantitative estimate of drug-likeness (QED) is 0.660. The van der Waals surface area contributed by atoms with Gasteiger partial charge in [-0.25, -0.2) is 0 Å². The fourth-order valence-electron chi connectivity index (χ4n) is 1.13. The second-order valence-electron chi connectivity index (χ2n) is 3.51. The van der Waals surface area contributed by atoms with E-state index < -0.39 is 6.10 Å². The Morgan fingerprint density at radius 2 is 2.20 bits per heavy atom. The van der Waals surface area contributed by atoms with Crippen LogP contribution in [0, 0.1) is 0 Å². The molecule has 0 spiro atoms. The van der Waals surface area contributed by atoms with E-state index in [4.69, 9.17) is 20.7 Å².